The topological polar surface area (TPSA) is 9.23 Å². The quantitative estimate of drug-likeness (QED) is 0.558. The Labute approximate surface area is 89.7 Å². The van der Waals surface area contributed by atoms with Crippen molar-refractivity contribution in [2.45, 2.75) is 6.36 Å². The predicted octanol–water partition coefficient (Wildman–Crippen LogP) is 4.14. The van der Waals surface area contributed by atoms with Gasteiger partial charge in [0.05, 0.1) is 9.50 Å². The summed E-state index contributed by atoms with van der Waals surface area (Å²) in [5.74, 6) is -1.64. The second-order valence-electron chi connectivity index (χ2n) is 2.24. The fraction of sp³-hybridized carbons (Fsp3) is 0.143. The molecule has 0 aliphatic carbocycles. The van der Waals surface area contributed by atoms with Crippen LogP contribution in [0.5, 0.6) is 5.75 Å². The molecule has 0 aliphatic rings. The van der Waals surface area contributed by atoms with Gasteiger partial charge in [0.1, 0.15) is 5.82 Å². The van der Waals surface area contributed by atoms with Crippen LogP contribution in [0, 0.1) is 5.82 Å². The summed E-state index contributed by atoms with van der Waals surface area (Å²) in [6, 6.07) is 1.54. The molecule has 0 aliphatic heterocycles. The lowest BCUT2D eigenvalue weighted by molar-refractivity contribution is -0.274. The predicted molar refractivity (Wildman–Crippen MR) is 45.8 cm³/mol. The highest BCUT2D eigenvalue weighted by molar-refractivity contribution is 9.10. The number of rotatable bonds is 1. The third-order valence-electron chi connectivity index (χ3n) is 1.20. The van der Waals surface area contributed by atoms with E-state index in [1.165, 1.54) is 0 Å². The molecule has 0 saturated heterocycles. The second-order valence-corrected chi connectivity index (χ2v) is 3.51. The minimum atomic E-state index is -4.89. The lowest BCUT2D eigenvalue weighted by Gasteiger charge is -2.10. The van der Waals surface area contributed by atoms with Gasteiger partial charge in [-0.25, -0.2) is 4.39 Å². The van der Waals surface area contributed by atoms with Crippen molar-refractivity contribution in [2.75, 3.05) is 0 Å². The van der Waals surface area contributed by atoms with Crippen molar-refractivity contribution in [1.29, 1.82) is 0 Å². The summed E-state index contributed by atoms with van der Waals surface area (Å²) < 4.78 is 51.4. The third-order valence-corrected chi connectivity index (χ3v) is 2.10. The molecule has 0 bridgehead atoms. The first-order valence-electron chi connectivity index (χ1n) is 3.20. The van der Waals surface area contributed by atoms with Crippen molar-refractivity contribution in [3.8, 4) is 5.75 Å². The third kappa shape index (κ3) is 3.02. The molecule has 14 heavy (non-hydrogen) atoms. The molecule has 0 radical (unpaired) electrons. The fourth-order valence-electron chi connectivity index (χ4n) is 0.707. The van der Waals surface area contributed by atoms with Crippen LogP contribution in [0.4, 0.5) is 17.6 Å². The first-order valence-corrected chi connectivity index (χ1v) is 4.37. The van der Waals surface area contributed by atoms with Gasteiger partial charge in [-0.1, -0.05) is 11.6 Å². The average molecular weight is 293 g/mol. The van der Waals surface area contributed by atoms with Crippen LogP contribution in [-0.2, 0) is 0 Å². The van der Waals surface area contributed by atoms with E-state index in [2.05, 4.69) is 20.7 Å². The van der Waals surface area contributed by atoms with E-state index < -0.39 is 17.9 Å². The van der Waals surface area contributed by atoms with Gasteiger partial charge in [-0.05, 0) is 22.0 Å². The van der Waals surface area contributed by atoms with Crippen LogP contribution in [0.15, 0.2) is 16.6 Å². The standard InChI is InChI=1S/C7H2BrClF4O/c8-3-1-4(9)6(2-5(3)10)14-7(11,12)13/h1-2H. The van der Waals surface area contributed by atoms with Gasteiger partial charge in [0.25, 0.3) is 0 Å². The first-order chi connectivity index (χ1) is 6.29. The molecule has 0 unspecified atom stereocenters. The van der Waals surface area contributed by atoms with Gasteiger partial charge in [-0.3, -0.25) is 0 Å². The lowest BCUT2D eigenvalue weighted by Crippen LogP contribution is -2.17. The molecule has 1 aromatic rings. The molecule has 1 rings (SSSR count). The van der Waals surface area contributed by atoms with E-state index >= 15 is 0 Å². The fourth-order valence-corrected chi connectivity index (χ4v) is 1.38. The molecule has 7 heteroatoms. The maximum absolute atomic E-state index is 12.8. The summed E-state index contributed by atoms with van der Waals surface area (Å²) in [6.45, 7) is 0. The molecule has 0 aromatic heterocycles. The minimum Gasteiger partial charge on any atom is -0.404 e. The Hall–Kier alpha value is -0.490. The maximum atomic E-state index is 12.8. The van der Waals surface area contributed by atoms with Crippen LogP contribution in [0.3, 0.4) is 0 Å². The average Bonchev–Trinajstić information content (AvgIpc) is 1.97. The number of benzene rings is 1. The Kier molecular flexibility index (Phi) is 3.26. The highest BCUT2D eigenvalue weighted by atomic mass is 79.9. The molecule has 0 spiro atoms. The SMILES string of the molecule is Fc1cc(OC(F)(F)F)c(Cl)cc1Br. The van der Waals surface area contributed by atoms with Crippen molar-refractivity contribution in [1.82, 2.24) is 0 Å². The molecule has 0 fully saturated rings. The summed E-state index contributed by atoms with van der Waals surface area (Å²) in [4.78, 5) is 0. The molecule has 0 atom stereocenters. The van der Waals surface area contributed by atoms with Crippen LogP contribution in [0.2, 0.25) is 5.02 Å². The van der Waals surface area contributed by atoms with Crippen molar-refractivity contribution < 1.29 is 22.3 Å². The van der Waals surface area contributed by atoms with Gasteiger partial charge in [-0.2, -0.15) is 0 Å². The lowest BCUT2D eigenvalue weighted by atomic mass is 10.3. The Morgan fingerprint density at radius 1 is 1.29 bits per heavy atom. The van der Waals surface area contributed by atoms with Crippen molar-refractivity contribution in [3.05, 3.63) is 27.4 Å². The Balaban J connectivity index is 3.04. The Morgan fingerprint density at radius 3 is 2.36 bits per heavy atom. The highest BCUT2D eigenvalue weighted by Gasteiger charge is 2.32. The van der Waals surface area contributed by atoms with Gasteiger partial charge >= 0.3 is 6.36 Å². The zero-order chi connectivity index (χ0) is 10.9. The number of alkyl halides is 3. The summed E-state index contributed by atoms with van der Waals surface area (Å²) in [7, 11) is 0. The van der Waals surface area contributed by atoms with Crippen LogP contribution < -0.4 is 4.74 Å². The number of halogens is 6. The van der Waals surface area contributed by atoms with Crippen LogP contribution in [0.1, 0.15) is 0 Å². The zero-order valence-electron chi connectivity index (χ0n) is 6.33. The van der Waals surface area contributed by atoms with Crippen molar-refractivity contribution >= 4 is 27.5 Å². The highest BCUT2D eigenvalue weighted by Crippen LogP contribution is 2.33. The van der Waals surface area contributed by atoms with Crippen LogP contribution in [-0.4, -0.2) is 6.36 Å². The van der Waals surface area contributed by atoms with E-state index in [4.69, 9.17) is 11.6 Å². The molecule has 0 heterocycles. The van der Waals surface area contributed by atoms with E-state index in [-0.39, 0.29) is 9.50 Å². The van der Waals surface area contributed by atoms with Crippen LogP contribution in [0.25, 0.3) is 0 Å². The summed E-state index contributed by atoms with van der Waals surface area (Å²) in [5, 5.41) is -0.324. The van der Waals surface area contributed by atoms with E-state index in [0.29, 0.717) is 6.07 Å². The molecular weight excluding hydrogens is 291 g/mol. The Bertz CT molecular complexity index is 352. The minimum absolute atomic E-state index is 0.0305. The zero-order valence-corrected chi connectivity index (χ0v) is 8.67. The number of hydrogen-bond acceptors (Lipinski definition) is 1. The van der Waals surface area contributed by atoms with E-state index in [0.717, 1.165) is 6.07 Å². The van der Waals surface area contributed by atoms with Gasteiger partial charge in [-0.15, -0.1) is 13.2 Å². The van der Waals surface area contributed by atoms with Crippen LogP contribution >= 0.6 is 27.5 Å². The monoisotopic (exact) mass is 292 g/mol. The van der Waals surface area contributed by atoms with Crippen molar-refractivity contribution in [3.63, 3.8) is 0 Å². The normalized spacial score (nSPS) is 11.6. The van der Waals surface area contributed by atoms with Gasteiger partial charge in [0, 0.05) is 6.07 Å². The maximum Gasteiger partial charge on any atom is 0.573 e. The van der Waals surface area contributed by atoms with E-state index in [9.17, 15) is 17.6 Å². The summed E-state index contributed by atoms with van der Waals surface area (Å²) >= 11 is 8.15. The molecule has 78 valence electrons. The molecular formula is C7H2BrClF4O. The molecule has 0 saturated carbocycles. The smallest absolute Gasteiger partial charge is 0.404 e. The van der Waals surface area contributed by atoms with Gasteiger partial charge < -0.3 is 4.74 Å². The van der Waals surface area contributed by atoms with Crippen molar-refractivity contribution in [2.24, 2.45) is 0 Å². The largest absolute Gasteiger partial charge is 0.573 e. The molecule has 1 nitrogen and oxygen atoms in total. The molecule has 1 aromatic carbocycles. The molecule has 0 N–H and O–H groups in total. The first kappa shape index (κ1) is 11.6. The van der Waals surface area contributed by atoms with E-state index in [1.807, 2.05) is 0 Å². The van der Waals surface area contributed by atoms with E-state index in [1.54, 1.807) is 0 Å². The number of ether oxygens (including phenoxy) is 1. The summed E-state index contributed by atoms with van der Waals surface area (Å²) in [5.41, 5.74) is 0. The molecule has 0 amide bonds. The Morgan fingerprint density at radius 2 is 1.86 bits per heavy atom. The van der Waals surface area contributed by atoms with Gasteiger partial charge in [0.15, 0.2) is 5.75 Å². The van der Waals surface area contributed by atoms with Gasteiger partial charge in [0.2, 0.25) is 0 Å². The number of hydrogen-bond donors (Lipinski definition) is 0. The second kappa shape index (κ2) is 3.94. The summed E-state index contributed by atoms with van der Waals surface area (Å²) in [6.07, 6.45) is -4.89.